The van der Waals surface area contributed by atoms with E-state index in [1.165, 1.54) is 30.3 Å². The average molecular weight is 370 g/mol. The van der Waals surface area contributed by atoms with Crippen LogP contribution in [0.1, 0.15) is 5.56 Å². The van der Waals surface area contributed by atoms with E-state index in [0.717, 1.165) is 18.2 Å². The Morgan fingerprint density at radius 3 is 2.35 bits per heavy atom. The molecule has 0 atom stereocenters. The van der Waals surface area contributed by atoms with E-state index in [1.54, 1.807) is 0 Å². The zero-order valence-corrected chi connectivity index (χ0v) is 13.3. The van der Waals surface area contributed by atoms with E-state index in [9.17, 15) is 27.2 Å². The third-order valence-corrected chi connectivity index (χ3v) is 3.12. The molecule has 0 unspecified atom stereocenters. The number of anilines is 1. The molecule has 0 radical (unpaired) electrons. The van der Waals surface area contributed by atoms with Gasteiger partial charge >= 0.3 is 18.0 Å². The summed E-state index contributed by atoms with van der Waals surface area (Å²) in [7, 11) is 0. The van der Waals surface area contributed by atoms with Gasteiger partial charge in [0, 0.05) is 5.69 Å². The maximum atomic E-state index is 12.7. The van der Waals surface area contributed by atoms with E-state index < -0.39 is 29.4 Å². The Morgan fingerprint density at radius 2 is 1.69 bits per heavy atom. The molecule has 0 aliphatic heterocycles. The number of carbonyl (C=O) groups excluding carboxylic acids is 2. The Bertz CT molecular complexity index is 776. The number of ether oxygens (including phenoxy) is 1. The summed E-state index contributed by atoms with van der Waals surface area (Å²) < 4.78 is 55.8. The monoisotopic (exact) mass is 370 g/mol. The second kappa shape index (κ2) is 8.32. The lowest BCUT2D eigenvalue weighted by molar-refractivity contribution is -0.137. The lowest BCUT2D eigenvalue weighted by atomic mass is 10.2. The fraction of sp³-hybridized carbons (Fsp3) is 0.176. The summed E-state index contributed by atoms with van der Waals surface area (Å²) in [5, 5.41) is 4.34. The van der Waals surface area contributed by atoms with Gasteiger partial charge in [-0.25, -0.2) is 4.39 Å². The van der Waals surface area contributed by atoms with Crippen LogP contribution >= 0.6 is 0 Å². The number of benzene rings is 2. The third-order valence-electron chi connectivity index (χ3n) is 3.12. The van der Waals surface area contributed by atoms with Crippen LogP contribution in [-0.4, -0.2) is 25.0 Å². The fourth-order valence-corrected chi connectivity index (χ4v) is 1.91. The second-order valence-electron chi connectivity index (χ2n) is 5.09. The van der Waals surface area contributed by atoms with Gasteiger partial charge in [-0.1, -0.05) is 6.07 Å². The molecule has 2 N–H and O–H groups in total. The maximum absolute atomic E-state index is 12.7. The summed E-state index contributed by atoms with van der Waals surface area (Å²) in [5.41, 5.74) is -1.09. The van der Waals surface area contributed by atoms with Crippen LogP contribution in [0.2, 0.25) is 0 Å². The number of rotatable bonds is 5. The van der Waals surface area contributed by atoms with Gasteiger partial charge in [-0.05, 0) is 42.5 Å². The lowest BCUT2D eigenvalue weighted by Crippen LogP contribution is -2.37. The van der Waals surface area contributed by atoms with Crippen molar-refractivity contribution in [1.82, 2.24) is 5.32 Å². The molecule has 0 bridgehead atoms. The minimum atomic E-state index is -4.55. The summed E-state index contributed by atoms with van der Waals surface area (Å²) in [6.07, 6.45) is -4.55. The smallest absolute Gasteiger partial charge is 0.416 e. The molecule has 2 aromatic rings. The van der Waals surface area contributed by atoms with Crippen molar-refractivity contribution in [1.29, 1.82) is 0 Å². The molecule has 0 spiro atoms. The van der Waals surface area contributed by atoms with Crippen molar-refractivity contribution in [2.75, 3.05) is 18.5 Å². The average Bonchev–Trinajstić information content (AvgIpc) is 2.59. The highest BCUT2D eigenvalue weighted by atomic mass is 19.4. The second-order valence-corrected chi connectivity index (χ2v) is 5.09. The van der Waals surface area contributed by atoms with Crippen LogP contribution in [0.5, 0.6) is 5.75 Å². The van der Waals surface area contributed by atoms with Gasteiger partial charge < -0.3 is 15.4 Å². The first-order chi connectivity index (χ1) is 12.3. The Hall–Kier alpha value is -3.10. The summed E-state index contributed by atoms with van der Waals surface area (Å²) in [4.78, 5) is 23.3. The number of nitrogens with one attached hydrogen (secondary N) is 2. The first-order valence-electron chi connectivity index (χ1n) is 7.40. The van der Waals surface area contributed by atoms with Crippen LogP contribution in [0.4, 0.5) is 23.2 Å². The van der Waals surface area contributed by atoms with Gasteiger partial charge in [-0.15, -0.1) is 0 Å². The molecule has 0 saturated heterocycles. The zero-order chi connectivity index (χ0) is 19.2. The highest BCUT2D eigenvalue weighted by Crippen LogP contribution is 2.30. The fourth-order valence-electron chi connectivity index (χ4n) is 1.91. The first-order valence-corrected chi connectivity index (χ1v) is 7.40. The van der Waals surface area contributed by atoms with Gasteiger partial charge in [0.2, 0.25) is 0 Å². The van der Waals surface area contributed by atoms with Crippen LogP contribution in [0.3, 0.4) is 0 Å². The van der Waals surface area contributed by atoms with Crippen molar-refractivity contribution in [3.05, 3.63) is 59.9 Å². The van der Waals surface area contributed by atoms with E-state index >= 15 is 0 Å². The Kier molecular flexibility index (Phi) is 6.16. The molecule has 0 aliphatic carbocycles. The van der Waals surface area contributed by atoms with Crippen LogP contribution < -0.4 is 15.4 Å². The van der Waals surface area contributed by atoms with Gasteiger partial charge in [-0.3, -0.25) is 9.59 Å². The number of alkyl halides is 3. The summed E-state index contributed by atoms with van der Waals surface area (Å²) in [6.45, 7) is 0.000428. The van der Waals surface area contributed by atoms with Crippen molar-refractivity contribution >= 4 is 17.5 Å². The topological polar surface area (TPSA) is 67.4 Å². The first kappa shape index (κ1) is 19.2. The molecule has 2 amide bonds. The van der Waals surface area contributed by atoms with Gasteiger partial charge in [-0.2, -0.15) is 13.2 Å². The number of halogens is 4. The van der Waals surface area contributed by atoms with Crippen molar-refractivity contribution < 1.29 is 31.9 Å². The van der Waals surface area contributed by atoms with Crippen molar-refractivity contribution in [2.45, 2.75) is 6.18 Å². The molecular weight excluding hydrogens is 356 g/mol. The molecule has 138 valence electrons. The lowest BCUT2D eigenvalue weighted by Gasteiger charge is -2.10. The molecule has 0 fully saturated rings. The van der Waals surface area contributed by atoms with Crippen molar-refractivity contribution in [2.24, 2.45) is 0 Å². The van der Waals surface area contributed by atoms with Gasteiger partial charge in [0.25, 0.3) is 0 Å². The standard InChI is InChI=1S/C17H14F4N2O3/c18-12-4-6-14(7-5-12)26-9-8-22-15(24)16(25)23-13-3-1-2-11(10-13)17(19,20)21/h1-7,10H,8-9H2,(H,22,24)(H,23,25). The molecule has 5 nitrogen and oxygen atoms in total. The minimum Gasteiger partial charge on any atom is -0.492 e. The molecule has 9 heteroatoms. The van der Waals surface area contributed by atoms with Crippen LogP contribution in [-0.2, 0) is 15.8 Å². The molecule has 0 saturated carbocycles. The van der Waals surface area contributed by atoms with Crippen LogP contribution in [0.15, 0.2) is 48.5 Å². The number of hydrogen-bond acceptors (Lipinski definition) is 3. The highest BCUT2D eigenvalue weighted by molar-refractivity contribution is 6.39. The van der Waals surface area contributed by atoms with E-state index in [0.29, 0.717) is 5.75 Å². The van der Waals surface area contributed by atoms with E-state index in [4.69, 9.17) is 4.74 Å². The minimum absolute atomic E-state index is 0.0216. The zero-order valence-electron chi connectivity index (χ0n) is 13.3. The number of amides is 2. The Labute approximate surface area is 146 Å². The van der Waals surface area contributed by atoms with Gasteiger partial charge in [0.05, 0.1) is 12.1 Å². The normalized spacial score (nSPS) is 10.9. The largest absolute Gasteiger partial charge is 0.492 e. The van der Waals surface area contributed by atoms with E-state index in [2.05, 4.69) is 10.6 Å². The van der Waals surface area contributed by atoms with Crippen molar-refractivity contribution in [3.8, 4) is 5.75 Å². The quantitative estimate of drug-likeness (QED) is 0.483. The summed E-state index contributed by atoms with van der Waals surface area (Å²) in [5.74, 6) is -2.16. The van der Waals surface area contributed by atoms with Crippen molar-refractivity contribution in [3.63, 3.8) is 0 Å². The molecule has 0 heterocycles. The molecule has 26 heavy (non-hydrogen) atoms. The molecular formula is C17H14F4N2O3. The number of carbonyl (C=O) groups is 2. The third kappa shape index (κ3) is 5.76. The van der Waals surface area contributed by atoms with E-state index in [-0.39, 0.29) is 18.8 Å². The summed E-state index contributed by atoms with van der Waals surface area (Å²) in [6, 6.07) is 9.14. The van der Waals surface area contributed by atoms with Gasteiger partial charge in [0.1, 0.15) is 18.2 Å². The molecule has 2 aromatic carbocycles. The molecule has 0 aromatic heterocycles. The molecule has 2 rings (SSSR count). The maximum Gasteiger partial charge on any atom is 0.416 e. The van der Waals surface area contributed by atoms with Crippen LogP contribution in [0, 0.1) is 5.82 Å². The van der Waals surface area contributed by atoms with Crippen LogP contribution in [0.25, 0.3) is 0 Å². The SMILES string of the molecule is O=C(NCCOc1ccc(F)cc1)C(=O)Nc1cccc(C(F)(F)F)c1. The summed E-state index contributed by atoms with van der Waals surface area (Å²) >= 11 is 0. The Balaban J connectivity index is 1.79. The molecule has 0 aliphatic rings. The van der Waals surface area contributed by atoms with Gasteiger partial charge in [0.15, 0.2) is 0 Å². The highest BCUT2D eigenvalue weighted by Gasteiger charge is 2.30. The predicted molar refractivity (Wildman–Crippen MR) is 85.0 cm³/mol. The predicted octanol–water partition coefficient (Wildman–Crippen LogP) is 2.98. The number of hydrogen-bond donors (Lipinski definition) is 2. The van der Waals surface area contributed by atoms with E-state index in [1.807, 2.05) is 0 Å². The Morgan fingerprint density at radius 1 is 1.00 bits per heavy atom.